The first-order valence-corrected chi connectivity index (χ1v) is 21.9. The zero-order valence-corrected chi connectivity index (χ0v) is 35.3. The lowest BCUT2D eigenvalue weighted by Crippen LogP contribution is -2.49. The van der Waals surface area contributed by atoms with Gasteiger partial charge in [-0.25, -0.2) is 19.2 Å². The number of halogens is 2. The van der Waals surface area contributed by atoms with E-state index in [0.29, 0.717) is 64.1 Å². The number of rotatable bonds is 12. The highest BCUT2D eigenvalue weighted by atomic mass is 35.5. The molecule has 3 aromatic rings. The topological polar surface area (TPSA) is 115 Å². The van der Waals surface area contributed by atoms with Gasteiger partial charge >= 0.3 is 6.09 Å². The minimum absolute atomic E-state index is 0.0625. The van der Waals surface area contributed by atoms with Crippen LogP contribution in [0.3, 0.4) is 0 Å². The van der Waals surface area contributed by atoms with Crippen LogP contribution in [0.4, 0.5) is 15.0 Å². The normalized spacial score (nSPS) is 19.2. The van der Waals surface area contributed by atoms with Crippen molar-refractivity contribution in [3.63, 3.8) is 0 Å². The lowest BCUT2D eigenvalue weighted by Gasteiger charge is -2.40. The maximum absolute atomic E-state index is 15.6. The Hall–Kier alpha value is -3.26. The molecule has 3 atom stereocenters. The van der Waals surface area contributed by atoms with Crippen molar-refractivity contribution < 1.29 is 27.6 Å². The summed E-state index contributed by atoms with van der Waals surface area (Å²) in [4.78, 5) is 26.7. The number of aromatic nitrogens is 3. The summed E-state index contributed by atoms with van der Waals surface area (Å²) in [5.74, 6) is 2.04. The molecule has 2 aromatic heterocycles. The molecule has 2 aliphatic rings. The molecule has 1 N–H and O–H groups in total. The van der Waals surface area contributed by atoms with Crippen LogP contribution in [0.1, 0.15) is 77.8 Å². The lowest BCUT2D eigenvalue weighted by molar-refractivity contribution is 0.0172. The zero-order valence-electron chi connectivity index (χ0n) is 33.5. The van der Waals surface area contributed by atoms with Crippen LogP contribution >= 0.6 is 11.6 Å². The zero-order chi connectivity index (χ0) is 39.0. The largest absolute Gasteiger partial charge is 0.491 e. The van der Waals surface area contributed by atoms with Gasteiger partial charge in [-0.1, -0.05) is 37.5 Å². The molecule has 0 bridgehead atoms. The number of alkyl halides is 1. The first-order chi connectivity index (χ1) is 24.6. The van der Waals surface area contributed by atoms with E-state index in [4.69, 9.17) is 40.0 Å². The van der Waals surface area contributed by atoms with Crippen molar-refractivity contribution in [3.05, 3.63) is 40.2 Å². The second-order valence-corrected chi connectivity index (χ2v) is 22.3. The molecule has 53 heavy (non-hydrogen) atoms. The highest BCUT2D eigenvalue weighted by molar-refractivity contribution is 6.74. The molecule has 0 radical (unpaired) electrons. The Morgan fingerprint density at radius 2 is 1.83 bits per heavy atom. The van der Waals surface area contributed by atoms with Crippen molar-refractivity contribution in [2.75, 3.05) is 38.6 Å². The number of benzene rings is 1. The maximum atomic E-state index is 15.6. The number of carbonyl (C=O) groups is 1. The first kappa shape index (κ1) is 40.9. The van der Waals surface area contributed by atoms with Gasteiger partial charge in [0.2, 0.25) is 0 Å². The number of amides is 1. The summed E-state index contributed by atoms with van der Waals surface area (Å²) in [7, 11) is -0.557. The van der Waals surface area contributed by atoms with Crippen LogP contribution < -0.4 is 10.1 Å². The third kappa shape index (κ3) is 10.1. The number of likely N-dealkylation sites (tertiary alicyclic amines) is 1. The summed E-state index contributed by atoms with van der Waals surface area (Å²) < 4.78 is 39.9. The second-order valence-electron chi connectivity index (χ2n) is 17.2. The summed E-state index contributed by atoms with van der Waals surface area (Å²) in [5, 5.41) is 7.99. The van der Waals surface area contributed by atoms with Crippen LogP contribution in [0.2, 0.25) is 23.2 Å². The summed E-state index contributed by atoms with van der Waals surface area (Å²) in [6, 6.07) is 5.47. The van der Waals surface area contributed by atoms with Gasteiger partial charge in [-0.2, -0.15) is 0 Å². The van der Waals surface area contributed by atoms with E-state index in [2.05, 4.69) is 49.2 Å². The predicted octanol–water partition coefficient (Wildman–Crippen LogP) is 9.00. The fraction of sp³-hybridized carbons (Fsp3) is 0.641. The molecule has 292 valence electrons. The number of anilines is 1. The highest BCUT2D eigenvalue weighted by Gasteiger charge is 2.40. The average molecular weight is 773 g/mol. The van der Waals surface area contributed by atoms with Crippen molar-refractivity contribution in [2.24, 2.45) is 0 Å². The molecule has 1 saturated heterocycles. The van der Waals surface area contributed by atoms with Gasteiger partial charge in [-0.05, 0) is 97.1 Å². The number of piperidine rings is 1. The second kappa shape index (κ2) is 15.8. The van der Waals surface area contributed by atoms with Crippen molar-refractivity contribution in [1.29, 1.82) is 0 Å². The minimum atomic E-state index is -2.26. The molecule has 1 saturated carbocycles. The number of nitrogens with one attached hydrogen (secondary N) is 1. The lowest BCUT2D eigenvalue weighted by atomic mass is 10.0. The van der Waals surface area contributed by atoms with Crippen LogP contribution in [0.5, 0.6) is 5.75 Å². The molecule has 1 amide bonds. The quantitative estimate of drug-likeness (QED) is 0.179. The van der Waals surface area contributed by atoms with Crippen LogP contribution in [0.25, 0.3) is 22.6 Å². The minimum Gasteiger partial charge on any atom is -0.491 e. The molecular weight excluding hydrogens is 715 g/mol. The van der Waals surface area contributed by atoms with Gasteiger partial charge < -0.3 is 28.6 Å². The molecule has 11 nitrogen and oxygen atoms in total. The van der Waals surface area contributed by atoms with Gasteiger partial charge in [-0.15, -0.1) is 0 Å². The van der Waals surface area contributed by atoms with Gasteiger partial charge in [0, 0.05) is 37.3 Å². The fourth-order valence-electron chi connectivity index (χ4n) is 6.27. The third-order valence-electron chi connectivity index (χ3n) is 10.4. The Labute approximate surface area is 320 Å². The van der Waals surface area contributed by atoms with Crippen molar-refractivity contribution in [1.82, 2.24) is 24.9 Å². The monoisotopic (exact) mass is 772 g/mol. The van der Waals surface area contributed by atoms with Crippen molar-refractivity contribution in [2.45, 2.75) is 130 Å². The van der Waals surface area contributed by atoms with Crippen molar-refractivity contribution >= 4 is 31.8 Å². The molecule has 14 heteroatoms. The van der Waals surface area contributed by atoms with Crippen LogP contribution in [-0.2, 0) is 9.16 Å². The van der Waals surface area contributed by atoms with Crippen molar-refractivity contribution in [3.8, 4) is 28.4 Å². The number of hydrogen-bond donors (Lipinski definition) is 1. The molecule has 1 aromatic carbocycles. The van der Waals surface area contributed by atoms with E-state index in [9.17, 15) is 4.79 Å². The SMILES string of the molecule is Cc1noc(C)c1-c1nc(-c2cc(OC[C@@H](CN(C)C(=O)OC(C)(C)C)O[Si](C)(C)C(C)(C)C)ccc2Cl)nc(N[C@H]2CCN(C3CC3)C[C@H]2F)c1C. The summed E-state index contributed by atoms with van der Waals surface area (Å²) in [6.07, 6.45) is 1.06. The number of carbonyl (C=O) groups excluding carboxylic acids is 1. The standard InChI is InChI=1S/C39H58ClFN6O5Si/c1-23-34(33-24(2)45-51-25(33)3)43-36(44-35(23)42-32-17-18-47(21-31(32)41)26-13-14-26)29-19-27(15-16-30(29)40)49-22-28(52-53(11,12)39(7,8)9)20-46(10)37(48)50-38(4,5)6/h15-16,19,26,28,31-32H,13-14,17-18,20-22H2,1-12H3,(H,42,43,44)/t28-,31-,32+/m1/s1. The van der Waals surface area contributed by atoms with E-state index in [0.717, 1.165) is 30.5 Å². The van der Waals surface area contributed by atoms with Crippen LogP contribution in [0.15, 0.2) is 22.7 Å². The molecule has 1 aliphatic heterocycles. The molecule has 2 fully saturated rings. The molecule has 0 spiro atoms. The van der Waals surface area contributed by atoms with E-state index < -0.39 is 38.3 Å². The number of nitrogens with zero attached hydrogens (tertiary/aromatic N) is 5. The Kier molecular flexibility index (Phi) is 12.2. The predicted molar refractivity (Wildman–Crippen MR) is 210 cm³/mol. The molecule has 1 aliphatic carbocycles. The number of ether oxygens (including phenoxy) is 2. The van der Waals surface area contributed by atoms with Gasteiger partial charge in [0.15, 0.2) is 14.1 Å². The van der Waals surface area contributed by atoms with E-state index in [-0.39, 0.29) is 18.2 Å². The van der Waals surface area contributed by atoms with E-state index >= 15 is 4.39 Å². The van der Waals surface area contributed by atoms with Gasteiger partial charge in [-0.3, -0.25) is 4.90 Å². The number of likely N-dealkylation sites (N-methyl/N-ethyl adjacent to an activating group) is 1. The molecule has 5 rings (SSSR count). The Balaban J connectivity index is 1.45. The number of aryl methyl sites for hydroxylation is 2. The summed E-state index contributed by atoms with van der Waals surface area (Å²) >= 11 is 6.86. The maximum Gasteiger partial charge on any atom is 0.410 e. The van der Waals surface area contributed by atoms with Gasteiger partial charge in [0.25, 0.3) is 0 Å². The molecule has 0 unspecified atom stereocenters. The molecular formula is C39H58ClFN6O5Si. The Morgan fingerprint density at radius 1 is 1.13 bits per heavy atom. The molecule has 3 heterocycles. The fourth-order valence-corrected chi connectivity index (χ4v) is 7.80. The summed E-state index contributed by atoms with van der Waals surface area (Å²) in [5.41, 5.74) is 2.77. The van der Waals surface area contributed by atoms with Crippen LogP contribution in [-0.4, -0.2) is 103 Å². The highest BCUT2D eigenvalue weighted by Crippen LogP contribution is 2.39. The number of hydrogen-bond acceptors (Lipinski definition) is 10. The first-order valence-electron chi connectivity index (χ1n) is 18.6. The van der Waals surface area contributed by atoms with Gasteiger partial charge in [0.05, 0.1) is 40.7 Å². The van der Waals surface area contributed by atoms with Gasteiger partial charge in [0.1, 0.15) is 35.7 Å². The average Bonchev–Trinajstić information content (AvgIpc) is 3.85. The van der Waals surface area contributed by atoms with E-state index in [1.54, 1.807) is 25.2 Å². The Bertz CT molecular complexity index is 1750. The van der Waals surface area contributed by atoms with E-state index in [1.165, 1.54) is 4.90 Å². The van der Waals surface area contributed by atoms with Crippen LogP contribution in [0, 0.1) is 20.8 Å². The summed E-state index contributed by atoms with van der Waals surface area (Å²) in [6.45, 7) is 23.7. The third-order valence-corrected chi connectivity index (χ3v) is 15.3. The van der Waals surface area contributed by atoms with E-state index in [1.807, 2.05) is 41.5 Å². The Morgan fingerprint density at radius 3 is 2.42 bits per heavy atom. The smallest absolute Gasteiger partial charge is 0.410 e.